The van der Waals surface area contributed by atoms with Gasteiger partial charge in [0.1, 0.15) is 5.75 Å². The van der Waals surface area contributed by atoms with Crippen LogP contribution in [-0.2, 0) is 16.1 Å². The van der Waals surface area contributed by atoms with E-state index in [0.717, 1.165) is 55.4 Å². The molecule has 2 amide bonds. The van der Waals surface area contributed by atoms with Crippen molar-refractivity contribution < 1.29 is 19.1 Å². The number of benzene rings is 2. The first-order valence-corrected chi connectivity index (χ1v) is 10.3. The number of fused-ring (bicyclic) bond motifs is 1. The van der Waals surface area contributed by atoms with Crippen LogP contribution in [0.2, 0.25) is 0 Å². The van der Waals surface area contributed by atoms with Crippen molar-refractivity contribution in [2.75, 3.05) is 50.9 Å². The van der Waals surface area contributed by atoms with Gasteiger partial charge in [-0.2, -0.15) is 0 Å². The van der Waals surface area contributed by atoms with Gasteiger partial charge < -0.3 is 19.7 Å². The molecule has 7 nitrogen and oxygen atoms in total. The quantitative estimate of drug-likeness (QED) is 0.790. The molecule has 7 heteroatoms. The molecule has 158 valence electrons. The van der Waals surface area contributed by atoms with Crippen molar-refractivity contribution in [3.05, 3.63) is 59.2 Å². The second-order valence-corrected chi connectivity index (χ2v) is 7.65. The predicted molar refractivity (Wildman–Crippen MR) is 114 cm³/mol. The van der Waals surface area contributed by atoms with Gasteiger partial charge in [-0.25, -0.2) is 0 Å². The van der Waals surface area contributed by atoms with Crippen molar-refractivity contribution in [2.45, 2.75) is 13.5 Å². The maximum atomic E-state index is 12.4. The molecule has 2 aliphatic heterocycles. The van der Waals surface area contributed by atoms with Crippen LogP contribution in [0.1, 0.15) is 21.5 Å². The van der Waals surface area contributed by atoms with E-state index in [9.17, 15) is 9.59 Å². The Balaban J connectivity index is 1.35. The fourth-order valence-electron chi connectivity index (χ4n) is 3.68. The minimum atomic E-state index is -0.0850. The fourth-order valence-corrected chi connectivity index (χ4v) is 3.68. The van der Waals surface area contributed by atoms with Crippen LogP contribution in [-0.4, -0.2) is 62.7 Å². The number of morpholine rings is 1. The van der Waals surface area contributed by atoms with E-state index in [2.05, 4.69) is 10.2 Å². The first kappa shape index (κ1) is 20.4. The monoisotopic (exact) mass is 409 g/mol. The van der Waals surface area contributed by atoms with E-state index in [1.165, 1.54) is 0 Å². The zero-order chi connectivity index (χ0) is 20.9. The minimum absolute atomic E-state index is 0.0414. The molecule has 2 aromatic carbocycles. The van der Waals surface area contributed by atoms with E-state index in [1.54, 1.807) is 4.90 Å². The van der Waals surface area contributed by atoms with Crippen molar-refractivity contribution >= 4 is 17.5 Å². The first-order chi connectivity index (χ1) is 14.6. The molecule has 0 bridgehead atoms. The molecule has 0 aromatic heterocycles. The Morgan fingerprint density at radius 3 is 2.63 bits per heavy atom. The number of hydrogen-bond acceptors (Lipinski definition) is 5. The fraction of sp³-hybridized carbons (Fsp3) is 0.391. The number of ether oxygens (including phenoxy) is 2. The second kappa shape index (κ2) is 9.28. The molecule has 0 spiro atoms. The van der Waals surface area contributed by atoms with Crippen molar-refractivity contribution in [3.63, 3.8) is 0 Å². The molecule has 2 aromatic rings. The van der Waals surface area contributed by atoms with E-state index >= 15 is 0 Å². The maximum Gasteiger partial charge on any atom is 0.265 e. The molecule has 4 rings (SSSR count). The van der Waals surface area contributed by atoms with Crippen LogP contribution in [0, 0.1) is 6.92 Å². The number of hydrogen-bond donors (Lipinski definition) is 1. The molecule has 0 atom stereocenters. The molecule has 30 heavy (non-hydrogen) atoms. The average Bonchev–Trinajstić information content (AvgIpc) is 2.77. The van der Waals surface area contributed by atoms with Crippen LogP contribution in [0.5, 0.6) is 5.75 Å². The van der Waals surface area contributed by atoms with E-state index in [-0.39, 0.29) is 18.4 Å². The average molecular weight is 409 g/mol. The van der Waals surface area contributed by atoms with Gasteiger partial charge in [0.2, 0.25) is 0 Å². The molecular weight excluding hydrogens is 382 g/mol. The van der Waals surface area contributed by atoms with Crippen LogP contribution in [0.15, 0.2) is 42.5 Å². The third-order valence-electron chi connectivity index (χ3n) is 5.43. The summed E-state index contributed by atoms with van der Waals surface area (Å²) in [5.74, 6) is 0.563. The number of carbonyl (C=O) groups is 2. The van der Waals surface area contributed by atoms with Gasteiger partial charge in [-0.15, -0.1) is 0 Å². The third kappa shape index (κ3) is 4.80. The van der Waals surface area contributed by atoms with Gasteiger partial charge in [0, 0.05) is 31.7 Å². The van der Waals surface area contributed by atoms with Gasteiger partial charge in [-0.3, -0.25) is 14.5 Å². The third-order valence-corrected chi connectivity index (χ3v) is 5.43. The zero-order valence-electron chi connectivity index (χ0n) is 17.2. The zero-order valence-corrected chi connectivity index (χ0v) is 17.2. The van der Waals surface area contributed by atoms with Gasteiger partial charge in [-0.05, 0) is 42.3 Å². The Kier molecular flexibility index (Phi) is 6.30. The van der Waals surface area contributed by atoms with Crippen molar-refractivity contribution in [1.82, 2.24) is 10.2 Å². The topological polar surface area (TPSA) is 71.1 Å². The predicted octanol–water partition coefficient (Wildman–Crippen LogP) is 1.98. The van der Waals surface area contributed by atoms with Gasteiger partial charge in [-0.1, -0.05) is 18.2 Å². The standard InChI is InChI=1S/C23H27N3O4/c1-17-2-7-21-20(14-17)26(22(27)16-30-21)15-18-3-5-19(6-4-18)23(28)24-8-9-25-10-12-29-13-11-25/h2-7,14H,8-13,15-16H2,1H3,(H,24,28). The first-order valence-electron chi connectivity index (χ1n) is 10.3. The smallest absolute Gasteiger partial charge is 0.265 e. The summed E-state index contributed by atoms with van der Waals surface area (Å²) in [6.07, 6.45) is 0. The lowest BCUT2D eigenvalue weighted by molar-refractivity contribution is -0.121. The van der Waals surface area contributed by atoms with Crippen LogP contribution in [0.3, 0.4) is 0 Å². The summed E-state index contributed by atoms with van der Waals surface area (Å²) in [5.41, 5.74) is 3.44. The van der Waals surface area contributed by atoms with Crippen molar-refractivity contribution in [3.8, 4) is 5.75 Å². The summed E-state index contributed by atoms with van der Waals surface area (Å²) in [7, 11) is 0. The van der Waals surface area contributed by atoms with Crippen molar-refractivity contribution in [1.29, 1.82) is 0 Å². The highest BCUT2D eigenvalue weighted by molar-refractivity contribution is 5.98. The highest BCUT2D eigenvalue weighted by atomic mass is 16.5. The summed E-state index contributed by atoms with van der Waals surface area (Å²) in [6, 6.07) is 13.2. The summed E-state index contributed by atoms with van der Waals surface area (Å²) < 4.78 is 10.9. The van der Waals surface area contributed by atoms with Gasteiger partial charge >= 0.3 is 0 Å². The lowest BCUT2D eigenvalue weighted by Gasteiger charge is -2.29. The molecular formula is C23H27N3O4. The van der Waals surface area contributed by atoms with Crippen LogP contribution in [0.4, 0.5) is 5.69 Å². The number of aryl methyl sites for hydroxylation is 1. The molecule has 1 saturated heterocycles. The summed E-state index contributed by atoms with van der Waals surface area (Å²) in [5, 5.41) is 2.97. The molecule has 2 aliphatic rings. The van der Waals surface area contributed by atoms with Gasteiger partial charge in [0.25, 0.3) is 11.8 Å². The normalized spacial score (nSPS) is 16.7. The second-order valence-electron chi connectivity index (χ2n) is 7.65. The lowest BCUT2D eigenvalue weighted by atomic mass is 10.1. The molecule has 0 unspecified atom stereocenters. The molecule has 1 fully saturated rings. The molecule has 2 heterocycles. The molecule has 0 radical (unpaired) electrons. The van der Waals surface area contributed by atoms with Crippen LogP contribution < -0.4 is 15.0 Å². The van der Waals surface area contributed by atoms with E-state index in [1.807, 2.05) is 49.4 Å². The SMILES string of the molecule is Cc1ccc2c(c1)N(Cc1ccc(C(=O)NCCN3CCOCC3)cc1)C(=O)CO2. The number of rotatable bonds is 6. The highest BCUT2D eigenvalue weighted by Crippen LogP contribution is 2.33. The van der Waals surface area contributed by atoms with Crippen molar-refractivity contribution in [2.24, 2.45) is 0 Å². The Bertz CT molecular complexity index is 907. The number of amides is 2. The summed E-state index contributed by atoms with van der Waals surface area (Å²) >= 11 is 0. The molecule has 0 saturated carbocycles. The Morgan fingerprint density at radius 1 is 1.10 bits per heavy atom. The summed E-state index contributed by atoms with van der Waals surface area (Å²) in [4.78, 5) is 28.8. The highest BCUT2D eigenvalue weighted by Gasteiger charge is 2.25. The van der Waals surface area contributed by atoms with Gasteiger partial charge in [0.15, 0.2) is 6.61 Å². The molecule has 1 N–H and O–H groups in total. The van der Waals surface area contributed by atoms with Crippen LogP contribution >= 0.6 is 0 Å². The van der Waals surface area contributed by atoms with Crippen LogP contribution in [0.25, 0.3) is 0 Å². The Hall–Kier alpha value is -2.90. The maximum absolute atomic E-state index is 12.4. The van der Waals surface area contributed by atoms with E-state index < -0.39 is 0 Å². The Morgan fingerprint density at radius 2 is 1.87 bits per heavy atom. The number of nitrogens with zero attached hydrogens (tertiary/aromatic N) is 2. The van der Waals surface area contributed by atoms with E-state index in [0.29, 0.717) is 18.7 Å². The molecule has 0 aliphatic carbocycles. The lowest BCUT2D eigenvalue weighted by Crippen LogP contribution is -2.41. The van der Waals surface area contributed by atoms with Gasteiger partial charge in [0.05, 0.1) is 25.4 Å². The minimum Gasteiger partial charge on any atom is -0.482 e. The Labute approximate surface area is 176 Å². The number of anilines is 1. The summed E-state index contributed by atoms with van der Waals surface area (Å²) in [6.45, 7) is 7.24. The number of carbonyl (C=O) groups excluding carboxylic acids is 2. The number of nitrogens with one attached hydrogen (secondary N) is 1. The largest absolute Gasteiger partial charge is 0.482 e. The van der Waals surface area contributed by atoms with E-state index in [4.69, 9.17) is 9.47 Å².